The Morgan fingerprint density at radius 3 is 2.68 bits per heavy atom. The zero-order chi connectivity index (χ0) is 13.8. The number of benzene rings is 1. The summed E-state index contributed by atoms with van der Waals surface area (Å²) in [5.74, 6) is 0.840. The molecular formula is C15H21BrN2O. The van der Waals surface area contributed by atoms with Gasteiger partial charge in [0.2, 0.25) is 5.91 Å². The Morgan fingerprint density at radius 2 is 2.05 bits per heavy atom. The molecule has 1 aliphatic carbocycles. The van der Waals surface area contributed by atoms with E-state index in [0.717, 1.165) is 6.54 Å². The minimum Gasteiger partial charge on any atom is -0.349 e. The molecule has 0 aromatic heterocycles. The summed E-state index contributed by atoms with van der Waals surface area (Å²) in [7, 11) is 3.60. The highest BCUT2D eigenvalue weighted by Gasteiger charge is 2.30. The molecule has 1 aromatic rings. The first-order chi connectivity index (χ1) is 9.08. The highest BCUT2D eigenvalue weighted by atomic mass is 79.9. The Balaban J connectivity index is 1.70. The van der Waals surface area contributed by atoms with Crippen LogP contribution in [0, 0.1) is 0 Å². The Morgan fingerprint density at radius 1 is 1.37 bits per heavy atom. The molecule has 3 nitrogen and oxygen atoms in total. The van der Waals surface area contributed by atoms with E-state index >= 15 is 0 Å². The van der Waals surface area contributed by atoms with Crippen LogP contribution < -0.4 is 5.32 Å². The second kappa shape index (κ2) is 6.53. The quantitative estimate of drug-likeness (QED) is 0.903. The van der Waals surface area contributed by atoms with Crippen LogP contribution in [0.2, 0.25) is 0 Å². The molecule has 0 bridgehead atoms. The molecule has 19 heavy (non-hydrogen) atoms. The summed E-state index contributed by atoms with van der Waals surface area (Å²) in [6.45, 7) is 0.782. The highest BCUT2D eigenvalue weighted by molar-refractivity contribution is 9.10. The monoisotopic (exact) mass is 324 g/mol. The molecule has 0 radical (unpaired) electrons. The van der Waals surface area contributed by atoms with Crippen LogP contribution in [0.4, 0.5) is 0 Å². The SMILES string of the molecule is CN(C)C(=O)CCNC1CC(c2ccccc2Br)C1. The van der Waals surface area contributed by atoms with E-state index in [0.29, 0.717) is 18.4 Å². The highest BCUT2D eigenvalue weighted by Crippen LogP contribution is 2.39. The number of carbonyl (C=O) groups excluding carboxylic acids is 1. The van der Waals surface area contributed by atoms with Gasteiger partial charge in [0.25, 0.3) is 0 Å². The lowest BCUT2D eigenvalue weighted by Crippen LogP contribution is -2.41. The first kappa shape index (κ1) is 14.5. The van der Waals surface area contributed by atoms with Crippen molar-refractivity contribution in [2.45, 2.75) is 31.2 Å². The van der Waals surface area contributed by atoms with Crippen LogP contribution in [-0.2, 0) is 4.79 Å². The smallest absolute Gasteiger partial charge is 0.223 e. The van der Waals surface area contributed by atoms with Crippen molar-refractivity contribution in [3.05, 3.63) is 34.3 Å². The van der Waals surface area contributed by atoms with Crippen molar-refractivity contribution in [3.8, 4) is 0 Å². The summed E-state index contributed by atoms with van der Waals surface area (Å²) in [5.41, 5.74) is 1.41. The minimum atomic E-state index is 0.189. The van der Waals surface area contributed by atoms with Crippen LogP contribution in [0.15, 0.2) is 28.7 Å². The topological polar surface area (TPSA) is 32.3 Å². The van der Waals surface area contributed by atoms with Crippen molar-refractivity contribution in [3.63, 3.8) is 0 Å². The van der Waals surface area contributed by atoms with Crippen molar-refractivity contribution < 1.29 is 4.79 Å². The number of nitrogens with zero attached hydrogens (tertiary/aromatic N) is 1. The van der Waals surface area contributed by atoms with Crippen molar-refractivity contribution in [2.75, 3.05) is 20.6 Å². The molecule has 2 rings (SSSR count). The van der Waals surface area contributed by atoms with Gasteiger partial charge >= 0.3 is 0 Å². The van der Waals surface area contributed by atoms with Gasteiger partial charge in [0.1, 0.15) is 0 Å². The maximum Gasteiger partial charge on any atom is 0.223 e. The first-order valence-electron chi connectivity index (χ1n) is 6.76. The lowest BCUT2D eigenvalue weighted by Gasteiger charge is -2.37. The fourth-order valence-corrected chi connectivity index (χ4v) is 3.06. The molecule has 0 aliphatic heterocycles. The van der Waals surface area contributed by atoms with Crippen LogP contribution in [0.1, 0.15) is 30.7 Å². The molecule has 0 spiro atoms. The van der Waals surface area contributed by atoms with E-state index in [2.05, 4.69) is 45.5 Å². The Hall–Kier alpha value is -0.870. The van der Waals surface area contributed by atoms with Crippen molar-refractivity contribution in [1.82, 2.24) is 10.2 Å². The fourth-order valence-electron chi connectivity index (χ4n) is 2.45. The molecule has 0 unspecified atom stereocenters. The number of hydrogen-bond donors (Lipinski definition) is 1. The normalized spacial score (nSPS) is 21.8. The molecule has 104 valence electrons. The van der Waals surface area contributed by atoms with Gasteiger partial charge in [-0.3, -0.25) is 4.79 Å². The zero-order valence-electron chi connectivity index (χ0n) is 11.5. The van der Waals surface area contributed by atoms with Crippen molar-refractivity contribution in [1.29, 1.82) is 0 Å². The van der Waals surface area contributed by atoms with Crippen molar-refractivity contribution >= 4 is 21.8 Å². The molecule has 1 saturated carbocycles. The predicted molar refractivity (Wildman–Crippen MR) is 81.2 cm³/mol. The summed E-state index contributed by atoms with van der Waals surface area (Å²) >= 11 is 3.61. The summed E-state index contributed by atoms with van der Waals surface area (Å²) in [4.78, 5) is 13.1. The summed E-state index contributed by atoms with van der Waals surface area (Å²) < 4.78 is 1.21. The molecule has 1 aliphatic rings. The molecule has 1 fully saturated rings. The minimum absolute atomic E-state index is 0.189. The van der Waals surface area contributed by atoms with Crippen LogP contribution >= 0.6 is 15.9 Å². The number of halogens is 1. The molecule has 0 atom stereocenters. The number of rotatable bonds is 5. The Labute approximate surface area is 123 Å². The summed E-state index contributed by atoms with van der Waals surface area (Å²) in [5, 5.41) is 3.46. The molecule has 4 heteroatoms. The third-order valence-corrected chi connectivity index (χ3v) is 4.48. The fraction of sp³-hybridized carbons (Fsp3) is 0.533. The van der Waals surface area contributed by atoms with E-state index in [1.807, 2.05) is 0 Å². The van der Waals surface area contributed by atoms with Gasteiger partial charge in [0.05, 0.1) is 0 Å². The van der Waals surface area contributed by atoms with E-state index in [-0.39, 0.29) is 5.91 Å². The van der Waals surface area contributed by atoms with Crippen LogP contribution in [0.3, 0.4) is 0 Å². The van der Waals surface area contributed by atoms with Gasteiger partial charge in [-0.2, -0.15) is 0 Å². The maximum absolute atomic E-state index is 11.4. The maximum atomic E-state index is 11.4. The second-order valence-electron chi connectivity index (χ2n) is 5.38. The van der Waals surface area contributed by atoms with Gasteiger partial charge < -0.3 is 10.2 Å². The predicted octanol–water partition coefficient (Wildman–Crippen LogP) is 2.76. The van der Waals surface area contributed by atoms with E-state index in [9.17, 15) is 4.79 Å². The van der Waals surface area contributed by atoms with Crippen LogP contribution in [0.25, 0.3) is 0 Å². The van der Waals surface area contributed by atoms with E-state index in [4.69, 9.17) is 0 Å². The number of hydrogen-bond acceptors (Lipinski definition) is 2. The van der Waals surface area contributed by atoms with Gasteiger partial charge in [-0.1, -0.05) is 34.1 Å². The van der Waals surface area contributed by atoms with E-state index < -0.39 is 0 Å². The third kappa shape index (κ3) is 3.80. The molecule has 0 saturated heterocycles. The third-order valence-electron chi connectivity index (χ3n) is 3.75. The Bertz CT molecular complexity index is 442. The van der Waals surface area contributed by atoms with Gasteiger partial charge in [0.15, 0.2) is 0 Å². The summed E-state index contributed by atoms with van der Waals surface area (Å²) in [6.07, 6.45) is 2.92. The molecule has 1 aromatic carbocycles. The van der Waals surface area contributed by atoms with Crippen LogP contribution in [0.5, 0.6) is 0 Å². The van der Waals surface area contributed by atoms with Gasteiger partial charge in [-0.05, 0) is 30.4 Å². The van der Waals surface area contributed by atoms with E-state index in [1.165, 1.54) is 22.9 Å². The number of carbonyl (C=O) groups is 1. The zero-order valence-corrected chi connectivity index (χ0v) is 13.1. The van der Waals surface area contributed by atoms with Gasteiger partial charge in [-0.15, -0.1) is 0 Å². The average Bonchev–Trinajstić information content (AvgIpc) is 2.33. The standard InChI is InChI=1S/C15H21BrN2O/c1-18(2)15(19)7-8-17-12-9-11(10-12)13-5-3-4-6-14(13)16/h3-6,11-12,17H,7-10H2,1-2H3. The number of amides is 1. The molecule has 1 amide bonds. The lowest BCUT2D eigenvalue weighted by atomic mass is 9.76. The average molecular weight is 325 g/mol. The molecule has 1 N–H and O–H groups in total. The van der Waals surface area contributed by atoms with Crippen molar-refractivity contribution in [2.24, 2.45) is 0 Å². The van der Waals surface area contributed by atoms with Gasteiger partial charge in [0, 0.05) is 37.6 Å². The van der Waals surface area contributed by atoms with Gasteiger partial charge in [-0.25, -0.2) is 0 Å². The molecular weight excluding hydrogens is 304 g/mol. The largest absolute Gasteiger partial charge is 0.349 e. The summed E-state index contributed by atoms with van der Waals surface area (Å²) in [6, 6.07) is 9.00. The first-order valence-corrected chi connectivity index (χ1v) is 7.55. The van der Waals surface area contributed by atoms with E-state index in [1.54, 1.807) is 19.0 Å². The number of nitrogens with one attached hydrogen (secondary N) is 1. The molecule has 0 heterocycles. The lowest BCUT2D eigenvalue weighted by molar-refractivity contribution is -0.128. The second-order valence-corrected chi connectivity index (χ2v) is 6.23. The Kier molecular flexibility index (Phi) is 4.99. The van der Waals surface area contributed by atoms with Crippen LogP contribution in [-0.4, -0.2) is 37.5 Å².